The van der Waals surface area contributed by atoms with Gasteiger partial charge in [-0.15, -0.1) is 0 Å². The molecule has 0 saturated carbocycles. The van der Waals surface area contributed by atoms with Crippen molar-refractivity contribution >= 4 is 5.97 Å². The maximum Gasteiger partial charge on any atom is 0.337 e. The molecule has 0 saturated heterocycles. The maximum absolute atomic E-state index is 11.3. The first-order chi connectivity index (χ1) is 10.1. The van der Waals surface area contributed by atoms with Gasteiger partial charge in [0, 0.05) is 6.54 Å². The van der Waals surface area contributed by atoms with Gasteiger partial charge in [0.2, 0.25) is 0 Å². The molecular weight excluding hydrogens is 270 g/mol. The molecule has 2 aromatic rings. The number of nitrogens with zero attached hydrogens (tertiary/aromatic N) is 3. The van der Waals surface area contributed by atoms with Gasteiger partial charge in [-0.25, -0.2) is 14.5 Å². The van der Waals surface area contributed by atoms with Gasteiger partial charge in [0.15, 0.2) is 5.82 Å². The third-order valence-corrected chi connectivity index (χ3v) is 2.88. The molecule has 0 unspecified atom stereocenters. The van der Waals surface area contributed by atoms with Gasteiger partial charge < -0.3 is 9.47 Å². The van der Waals surface area contributed by atoms with Gasteiger partial charge in [0.05, 0.1) is 12.7 Å². The lowest BCUT2D eigenvalue weighted by atomic mass is 10.2. The molecule has 0 atom stereocenters. The Hall–Kier alpha value is -2.37. The van der Waals surface area contributed by atoms with Crippen LogP contribution in [0.1, 0.15) is 30.0 Å². The van der Waals surface area contributed by atoms with E-state index in [-0.39, 0.29) is 5.97 Å². The highest BCUT2D eigenvalue weighted by molar-refractivity contribution is 5.89. The predicted octanol–water partition coefficient (Wildman–Crippen LogP) is 2.30. The van der Waals surface area contributed by atoms with E-state index in [0.717, 1.165) is 12.4 Å². The number of carbonyl (C=O) groups excluding carboxylic acids is 1. The molecule has 0 bridgehead atoms. The van der Waals surface area contributed by atoms with Gasteiger partial charge in [-0.05, 0) is 30.2 Å². The van der Waals surface area contributed by atoms with Crippen LogP contribution < -0.4 is 4.74 Å². The normalized spacial score (nSPS) is 10.7. The van der Waals surface area contributed by atoms with Crippen LogP contribution >= 0.6 is 0 Å². The number of methoxy groups -OCH3 is 1. The zero-order chi connectivity index (χ0) is 15.2. The zero-order valence-electron chi connectivity index (χ0n) is 12.4. The van der Waals surface area contributed by atoms with Crippen molar-refractivity contribution in [2.75, 3.05) is 7.11 Å². The van der Waals surface area contributed by atoms with Crippen LogP contribution in [0, 0.1) is 5.92 Å². The van der Waals surface area contributed by atoms with Crippen LogP contribution in [0.2, 0.25) is 0 Å². The summed E-state index contributed by atoms with van der Waals surface area (Å²) in [7, 11) is 1.36. The van der Waals surface area contributed by atoms with Crippen molar-refractivity contribution < 1.29 is 14.3 Å². The molecule has 0 spiro atoms. The summed E-state index contributed by atoms with van der Waals surface area (Å²) in [5.74, 6) is 1.57. The van der Waals surface area contributed by atoms with Gasteiger partial charge in [-0.2, -0.15) is 5.10 Å². The summed E-state index contributed by atoms with van der Waals surface area (Å²) >= 11 is 0. The van der Waals surface area contributed by atoms with E-state index in [1.165, 1.54) is 13.4 Å². The molecule has 1 heterocycles. The molecule has 1 aromatic carbocycles. The fraction of sp³-hybridized carbons (Fsp3) is 0.400. The van der Waals surface area contributed by atoms with E-state index in [0.29, 0.717) is 23.8 Å². The molecule has 0 amide bonds. The lowest BCUT2D eigenvalue weighted by Crippen LogP contribution is -2.12. The molecule has 0 aliphatic rings. The summed E-state index contributed by atoms with van der Waals surface area (Å²) in [6.07, 6.45) is 1.53. The molecule has 0 aliphatic heterocycles. The molecule has 21 heavy (non-hydrogen) atoms. The number of ether oxygens (including phenoxy) is 2. The van der Waals surface area contributed by atoms with E-state index >= 15 is 0 Å². The minimum atomic E-state index is -0.363. The van der Waals surface area contributed by atoms with Gasteiger partial charge in [-0.3, -0.25) is 0 Å². The minimum absolute atomic E-state index is 0.338. The highest BCUT2D eigenvalue weighted by atomic mass is 16.5. The van der Waals surface area contributed by atoms with E-state index in [1.807, 2.05) is 4.68 Å². The third-order valence-electron chi connectivity index (χ3n) is 2.88. The van der Waals surface area contributed by atoms with Crippen molar-refractivity contribution in [2.45, 2.75) is 27.0 Å². The fourth-order valence-corrected chi connectivity index (χ4v) is 1.85. The van der Waals surface area contributed by atoms with Gasteiger partial charge in [0.1, 0.15) is 18.7 Å². The van der Waals surface area contributed by atoms with Crippen molar-refractivity contribution in [3.8, 4) is 5.75 Å². The van der Waals surface area contributed by atoms with Gasteiger partial charge in [0.25, 0.3) is 0 Å². The lowest BCUT2D eigenvalue weighted by Gasteiger charge is -2.10. The zero-order valence-corrected chi connectivity index (χ0v) is 12.4. The second-order valence-corrected chi connectivity index (χ2v) is 5.06. The topological polar surface area (TPSA) is 66.2 Å². The molecular formula is C15H19N3O3. The summed E-state index contributed by atoms with van der Waals surface area (Å²) in [5, 5.41) is 4.18. The van der Waals surface area contributed by atoms with E-state index in [1.54, 1.807) is 24.3 Å². The first-order valence-corrected chi connectivity index (χ1v) is 6.78. The van der Waals surface area contributed by atoms with Crippen LogP contribution in [-0.2, 0) is 17.9 Å². The van der Waals surface area contributed by atoms with E-state index in [4.69, 9.17) is 4.74 Å². The summed E-state index contributed by atoms with van der Waals surface area (Å²) < 4.78 is 12.2. The molecule has 6 heteroatoms. The van der Waals surface area contributed by atoms with Crippen LogP contribution in [0.25, 0.3) is 0 Å². The molecule has 2 rings (SSSR count). The number of hydrogen-bond acceptors (Lipinski definition) is 5. The van der Waals surface area contributed by atoms with Crippen LogP contribution in [0.4, 0.5) is 0 Å². The highest BCUT2D eigenvalue weighted by Crippen LogP contribution is 2.14. The van der Waals surface area contributed by atoms with Crippen molar-refractivity contribution in [3.63, 3.8) is 0 Å². The molecule has 0 fully saturated rings. The van der Waals surface area contributed by atoms with Crippen molar-refractivity contribution in [2.24, 2.45) is 5.92 Å². The second-order valence-electron chi connectivity index (χ2n) is 5.06. The Labute approximate surface area is 123 Å². The lowest BCUT2D eigenvalue weighted by molar-refractivity contribution is 0.0600. The quantitative estimate of drug-likeness (QED) is 0.763. The Balaban J connectivity index is 1.97. The van der Waals surface area contributed by atoms with Gasteiger partial charge >= 0.3 is 5.97 Å². The Morgan fingerprint density at radius 2 is 2.00 bits per heavy atom. The summed E-state index contributed by atoms with van der Waals surface area (Å²) in [6, 6.07) is 6.80. The summed E-state index contributed by atoms with van der Waals surface area (Å²) in [4.78, 5) is 15.5. The second kappa shape index (κ2) is 6.88. The summed E-state index contributed by atoms with van der Waals surface area (Å²) in [5.41, 5.74) is 0.493. The van der Waals surface area contributed by atoms with Crippen LogP contribution in [0.15, 0.2) is 30.6 Å². The number of rotatable bonds is 6. The third kappa shape index (κ3) is 4.05. The fourth-order valence-electron chi connectivity index (χ4n) is 1.85. The van der Waals surface area contributed by atoms with Gasteiger partial charge in [-0.1, -0.05) is 13.8 Å². The Kier molecular flexibility index (Phi) is 4.92. The van der Waals surface area contributed by atoms with E-state index < -0.39 is 0 Å². The highest BCUT2D eigenvalue weighted by Gasteiger charge is 2.08. The van der Waals surface area contributed by atoms with E-state index in [9.17, 15) is 4.79 Å². The molecule has 0 N–H and O–H groups in total. The average molecular weight is 289 g/mol. The largest absolute Gasteiger partial charge is 0.486 e. The van der Waals surface area contributed by atoms with Crippen molar-refractivity contribution in [1.82, 2.24) is 14.8 Å². The molecule has 112 valence electrons. The predicted molar refractivity (Wildman–Crippen MR) is 77.0 cm³/mol. The van der Waals surface area contributed by atoms with Crippen molar-refractivity contribution in [3.05, 3.63) is 42.0 Å². The molecule has 0 aliphatic carbocycles. The monoisotopic (exact) mass is 289 g/mol. The number of hydrogen-bond donors (Lipinski definition) is 0. The average Bonchev–Trinajstić information content (AvgIpc) is 2.91. The smallest absolute Gasteiger partial charge is 0.337 e. The standard InChI is InChI=1S/C15H19N3O3/c1-11(2)8-18-14(16-10-17-18)9-21-13-6-4-12(5-7-13)15(19)20-3/h4-7,10-11H,8-9H2,1-3H3. The molecule has 1 aromatic heterocycles. The van der Waals surface area contributed by atoms with Crippen LogP contribution in [-0.4, -0.2) is 27.8 Å². The number of aromatic nitrogens is 3. The summed E-state index contributed by atoms with van der Waals surface area (Å²) in [6.45, 7) is 5.39. The maximum atomic E-state index is 11.3. The molecule has 6 nitrogen and oxygen atoms in total. The number of benzene rings is 1. The Morgan fingerprint density at radius 1 is 1.29 bits per heavy atom. The number of esters is 1. The first-order valence-electron chi connectivity index (χ1n) is 6.78. The van der Waals surface area contributed by atoms with Crippen LogP contribution in [0.3, 0.4) is 0 Å². The van der Waals surface area contributed by atoms with Crippen LogP contribution in [0.5, 0.6) is 5.75 Å². The molecule has 0 radical (unpaired) electrons. The van der Waals surface area contributed by atoms with E-state index in [2.05, 4.69) is 28.7 Å². The van der Waals surface area contributed by atoms with Crippen molar-refractivity contribution in [1.29, 1.82) is 0 Å². The Bertz CT molecular complexity index is 590. The Morgan fingerprint density at radius 3 is 2.62 bits per heavy atom. The first kappa shape index (κ1) is 15.0. The SMILES string of the molecule is COC(=O)c1ccc(OCc2ncnn2CC(C)C)cc1. The minimum Gasteiger partial charge on any atom is -0.486 e. The number of carbonyl (C=O) groups is 1.